The standard InChI is InChI=1S/C27H25BF9.C13H12IO/c1-2-3-4-5-15-28(22-12-6-9-19(16-22)25(29,30)31,23-13-7-10-20(17-23)26(32,33)34)24-14-8-11-21(18-24)27(35,36)37;1-15-13-9-7-12(8-10-13)14-11-5-3-2-4-6-11/h6-14,16-18H,2-5,15H2,1H3;2-10H,1H3/q-1;+1. The molecule has 0 saturated carbocycles. The number of hydrogen-bond donors (Lipinski definition) is 0. The van der Waals surface area contributed by atoms with Gasteiger partial charge in [0.05, 0.1) is 29.9 Å². The molecule has 0 radical (unpaired) electrons. The van der Waals surface area contributed by atoms with E-state index in [4.69, 9.17) is 4.74 Å². The molecule has 0 fully saturated rings. The molecule has 52 heavy (non-hydrogen) atoms. The first kappa shape index (κ1) is 40.8. The summed E-state index contributed by atoms with van der Waals surface area (Å²) in [4.78, 5) is 0. The summed E-state index contributed by atoms with van der Waals surface area (Å²) in [5.74, 6) is 0.927. The molecule has 5 rings (SSSR count). The summed E-state index contributed by atoms with van der Waals surface area (Å²) in [6, 6.07) is 31.5. The lowest BCUT2D eigenvalue weighted by Crippen LogP contribution is -3.61. The van der Waals surface area contributed by atoms with Crippen molar-refractivity contribution in [3.8, 4) is 5.75 Å². The fourth-order valence-electron chi connectivity index (χ4n) is 6.26. The molecule has 0 aliphatic heterocycles. The molecule has 0 heterocycles. The van der Waals surface area contributed by atoms with Gasteiger partial charge < -0.3 is 4.74 Å². The summed E-state index contributed by atoms with van der Waals surface area (Å²) in [7, 11) is 1.70. The van der Waals surface area contributed by atoms with E-state index in [-0.39, 0.29) is 43.9 Å². The molecule has 0 aliphatic carbocycles. The average molecular weight is 842 g/mol. The van der Waals surface area contributed by atoms with E-state index >= 15 is 0 Å². The Morgan fingerprint density at radius 1 is 0.500 bits per heavy atom. The fourth-order valence-corrected chi connectivity index (χ4v) is 8.47. The molecule has 5 aromatic carbocycles. The Morgan fingerprint density at radius 2 is 0.923 bits per heavy atom. The molecule has 276 valence electrons. The third-order valence-electron chi connectivity index (χ3n) is 8.84. The summed E-state index contributed by atoms with van der Waals surface area (Å²) in [5.41, 5.74) is -2.98. The molecule has 0 spiro atoms. The van der Waals surface area contributed by atoms with Crippen molar-refractivity contribution in [3.63, 3.8) is 0 Å². The van der Waals surface area contributed by atoms with Crippen LogP contribution in [0.5, 0.6) is 5.75 Å². The van der Waals surface area contributed by atoms with Gasteiger partial charge in [-0.2, -0.15) is 62.2 Å². The first-order chi connectivity index (χ1) is 24.6. The summed E-state index contributed by atoms with van der Waals surface area (Å²) in [5, 5.41) is 0. The lowest BCUT2D eigenvalue weighted by Gasteiger charge is -2.44. The number of benzene rings is 5. The zero-order valence-electron chi connectivity index (χ0n) is 28.4. The Labute approximate surface area is 308 Å². The van der Waals surface area contributed by atoms with Crippen LogP contribution < -0.4 is 42.3 Å². The second kappa shape index (κ2) is 17.7. The molecule has 0 N–H and O–H groups in total. The maximum Gasteiger partial charge on any atom is 0.416 e. The monoisotopic (exact) mass is 842 g/mol. The van der Waals surface area contributed by atoms with Crippen molar-refractivity contribution in [1.29, 1.82) is 0 Å². The Hall–Kier alpha value is -3.94. The van der Waals surface area contributed by atoms with Crippen LogP contribution in [0.1, 0.15) is 49.3 Å². The van der Waals surface area contributed by atoms with Crippen molar-refractivity contribution in [3.05, 3.63) is 151 Å². The second-order valence-corrected chi connectivity index (χ2v) is 15.3. The van der Waals surface area contributed by atoms with Crippen molar-refractivity contribution < 1.29 is 65.5 Å². The van der Waals surface area contributed by atoms with Crippen LogP contribution in [0, 0.1) is 7.14 Å². The second-order valence-electron chi connectivity index (χ2n) is 12.3. The number of alkyl halides is 9. The van der Waals surface area contributed by atoms with Gasteiger partial charge in [-0.25, -0.2) is 0 Å². The third kappa shape index (κ3) is 10.8. The van der Waals surface area contributed by atoms with E-state index in [1.807, 2.05) is 19.1 Å². The summed E-state index contributed by atoms with van der Waals surface area (Å²) in [6.45, 7) is 1.94. The van der Waals surface area contributed by atoms with E-state index in [1.165, 1.54) is 25.3 Å². The highest BCUT2D eigenvalue weighted by Gasteiger charge is 2.38. The number of halogens is 10. The molecule has 0 bridgehead atoms. The van der Waals surface area contributed by atoms with Crippen molar-refractivity contribution >= 4 is 22.5 Å². The normalized spacial score (nSPS) is 12.2. The molecule has 0 aliphatic rings. The number of methoxy groups -OCH3 is 1. The van der Waals surface area contributed by atoms with Gasteiger partial charge in [0, 0.05) is 0 Å². The van der Waals surface area contributed by atoms with E-state index in [1.54, 1.807) is 7.11 Å². The smallest absolute Gasteiger partial charge is 0.416 e. The van der Waals surface area contributed by atoms with Gasteiger partial charge in [-0.15, -0.1) is 0 Å². The van der Waals surface area contributed by atoms with Crippen LogP contribution in [0.4, 0.5) is 39.5 Å². The molecule has 0 saturated heterocycles. The van der Waals surface area contributed by atoms with E-state index in [0.717, 1.165) is 73.2 Å². The lowest BCUT2D eigenvalue weighted by molar-refractivity contribution is -0.597. The molecule has 0 aromatic heterocycles. The molecule has 0 amide bonds. The maximum atomic E-state index is 13.7. The largest absolute Gasteiger partial charge is 0.497 e. The van der Waals surface area contributed by atoms with Gasteiger partial charge in [-0.05, 0) is 36.4 Å². The van der Waals surface area contributed by atoms with Crippen molar-refractivity contribution in [2.75, 3.05) is 7.11 Å². The zero-order chi connectivity index (χ0) is 38.0. The zero-order valence-corrected chi connectivity index (χ0v) is 30.6. The average Bonchev–Trinajstić information content (AvgIpc) is 3.12. The first-order valence-corrected chi connectivity index (χ1v) is 18.8. The molecule has 12 heteroatoms. The Balaban J connectivity index is 0.000000334. The molecule has 0 atom stereocenters. The Morgan fingerprint density at radius 3 is 1.31 bits per heavy atom. The summed E-state index contributed by atoms with van der Waals surface area (Å²) >= 11 is -0.0449. The maximum absolute atomic E-state index is 13.7. The van der Waals surface area contributed by atoms with Gasteiger partial charge in [0.1, 0.15) is 5.75 Å². The summed E-state index contributed by atoms with van der Waals surface area (Å²) in [6.07, 6.45) is -14.2. The minimum absolute atomic E-state index is 0.0324. The number of unbranched alkanes of at least 4 members (excludes halogenated alkanes) is 3. The predicted molar refractivity (Wildman–Crippen MR) is 185 cm³/mol. The number of hydrogen-bond acceptors (Lipinski definition) is 1. The Bertz CT molecular complexity index is 1720. The highest BCUT2D eigenvalue weighted by molar-refractivity contribution is 7.11. The van der Waals surface area contributed by atoms with E-state index in [2.05, 4.69) is 42.5 Å². The van der Waals surface area contributed by atoms with Crippen LogP contribution in [0.3, 0.4) is 0 Å². The quantitative estimate of drug-likeness (QED) is 0.0577. The number of rotatable bonds is 11. The van der Waals surface area contributed by atoms with E-state index in [9.17, 15) is 39.5 Å². The molecular formula is C40H37BF9IO. The molecular weight excluding hydrogens is 805 g/mol. The predicted octanol–water partition coefficient (Wildman–Crippen LogP) is 7.62. The highest BCUT2D eigenvalue weighted by atomic mass is 127. The minimum Gasteiger partial charge on any atom is -0.497 e. The van der Waals surface area contributed by atoms with Crippen LogP contribution in [0.2, 0.25) is 6.32 Å². The number of ether oxygens (including phenoxy) is 1. The summed E-state index contributed by atoms with van der Waals surface area (Å²) < 4.78 is 131. The van der Waals surface area contributed by atoms with Gasteiger partial charge in [-0.1, -0.05) is 124 Å². The van der Waals surface area contributed by atoms with Gasteiger partial charge in [0.25, 0.3) is 0 Å². The van der Waals surface area contributed by atoms with Crippen LogP contribution in [0.15, 0.2) is 127 Å². The fraction of sp³-hybridized carbons (Fsp3) is 0.250. The van der Waals surface area contributed by atoms with E-state index in [0.29, 0.717) is 12.8 Å². The lowest BCUT2D eigenvalue weighted by atomic mass is 9.14. The van der Waals surface area contributed by atoms with Crippen molar-refractivity contribution in [1.82, 2.24) is 0 Å². The van der Waals surface area contributed by atoms with Crippen molar-refractivity contribution in [2.24, 2.45) is 0 Å². The van der Waals surface area contributed by atoms with Crippen LogP contribution in [-0.4, -0.2) is 13.3 Å². The minimum atomic E-state index is -4.75. The molecule has 0 unspecified atom stereocenters. The van der Waals surface area contributed by atoms with Crippen LogP contribution >= 0.6 is 0 Å². The molecule has 5 aromatic rings. The van der Waals surface area contributed by atoms with Gasteiger partial charge in [-0.3, -0.25) is 0 Å². The molecule has 1 nitrogen and oxygen atoms in total. The Kier molecular flexibility index (Phi) is 13.9. The van der Waals surface area contributed by atoms with Crippen LogP contribution in [0.25, 0.3) is 0 Å². The van der Waals surface area contributed by atoms with E-state index < -0.39 is 41.4 Å². The SMILES string of the molecule is CCCCCC[B-](c1cccc(C(F)(F)F)c1)(c1cccc(C(F)(F)F)c1)c1cccc(C(F)(F)F)c1.COc1ccc([I+]c2ccccc2)cc1. The van der Waals surface area contributed by atoms with Gasteiger partial charge >= 0.3 is 39.7 Å². The van der Waals surface area contributed by atoms with Gasteiger partial charge in [0.2, 0.25) is 0 Å². The third-order valence-corrected chi connectivity index (χ3v) is 11.5. The van der Waals surface area contributed by atoms with Gasteiger partial charge in [0.15, 0.2) is 7.14 Å². The van der Waals surface area contributed by atoms with Crippen molar-refractivity contribution in [2.45, 2.75) is 57.5 Å². The topological polar surface area (TPSA) is 9.23 Å². The van der Waals surface area contributed by atoms with Crippen LogP contribution in [-0.2, 0) is 18.5 Å². The highest BCUT2D eigenvalue weighted by Crippen LogP contribution is 2.33. The first-order valence-electron chi connectivity index (χ1n) is 16.6.